The number of carboxylic acid groups (broad SMARTS) is 5. The fraction of sp³-hybridized carbons (Fsp3) is 0.661. The number of benzene rings is 1. The van der Waals surface area contributed by atoms with Crippen LogP contribution in [0.15, 0.2) is 48.6 Å². The summed E-state index contributed by atoms with van der Waals surface area (Å²) in [6.45, 7) is 4.15. The number of aliphatic hydroxyl groups is 10. The molecule has 1 aromatic carbocycles. The first kappa shape index (κ1) is 82.0. The summed E-state index contributed by atoms with van der Waals surface area (Å²) >= 11 is 0. The SMILES string of the molecule is CC(CO)(CO)COC(=O)C1C2C=CC(C2)C1C(=O)O.CC(CO)(CO)COC(=O)C1CCCCC1C(=O)O.CC(CO)(CO)COC(=O)CCC(=O)O.CC(CO)(CO)COC(=O)c1ccccc1C(=O)O.CCC(CO)(CO)COC(=O)/C=C\C(=O)O. The fourth-order valence-corrected chi connectivity index (χ4v) is 8.03. The second kappa shape index (κ2) is 40.6. The van der Waals surface area contributed by atoms with Crippen molar-refractivity contribution in [1.29, 1.82) is 0 Å². The lowest BCUT2D eigenvalue weighted by atomic mass is 9.79. The summed E-state index contributed by atoms with van der Waals surface area (Å²) in [5, 5.41) is 134. The van der Waals surface area contributed by atoms with E-state index in [4.69, 9.17) is 95.2 Å². The predicted molar refractivity (Wildman–Crippen MR) is 306 cm³/mol. The first-order valence-corrected chi connectivity index (χ1v) is 28.2. The Labute approximate surface area is 513 Å². The minimum absolute atomic E-state index is 0.0618. The molecule has 0 aliphatic heterocycles. The van der Waals surface area contributed by atoms with Gasteiger partial charge in [-0.05, 0) is 49.7 Å². The van der Waals surface area contributed by atoms with Crippen LogP contribution in [-0.4, -0.2) is 235 Å². The highest BCUT2D eigenvalue weighted by Gasteiger charge is 2.53. The van der Waals surface area contributed by atoms with Gasteiger partial charge >= 0.3 is 59.7 Å². The van der Waals surface area contributed by atoms with Crippen LogP contribution >= 0.6 is 0 Å². The fourth-order valence-electron chi connectivity index (χ4n) is 8.03. The Kier molecular flexibility index (Phi) is 37.4. The Morgan fingerprint density at radius 2 is 0.910 bits per heavy atom. The van der Waals surface area contributed by atoms with Crippen LogP contribution in [0.3, 0.4) is 0 Å². The van der Waals surface area contributed by atoms with E-state index in [1.54, 1.807) is 34.6 Å². The van der Waals surface area contributed by atoms with Crippen LogP contribution < -0.4 is 0 Å². The minimum Gasteiger partial charge on any atom is -0.481 e. The van der Waals surface area contributed by atoms with Crippen LogP contribution in [0.1, 0.15) is 107 Å². The van der Waals surface area contributed by atoms with Crippen molar-refractivity contribution in [3.8, 4) is 0 Å². The summed E-state index contributed by atoms with van der Waals surface area (Å²) in [6, 6.07) is 5.68. The summed E-state index contributed by atoms with van der Waals surface area (Å²) in [6.07, 6.45) is 8.45. The van der Waals surface area contributed by atoms with Crippen molar-refractivity contribution in [2.24, 2.45) is 62.6 Å². The first-order chi connectivity index (χ1) is 41.7. The zero-order chi connectivity index (χ0) is 68.3. The predicted octanol–water partition coefficient (Wildman–Crippen LogP) is -0.0759. The Bertz CT molecular complexity index is 2460. The maximum Gasteiger partial charge on any atom is 0.339 e. The summed E-state index contributed by atoms with van der Waals surface area (Å²) in [7, 11) is 0. The number of aliphatic hydroxyl groups excluding tert-OH is 10. The number of rotatable bonds is 32. The smallest absolute Gasteiger partial charge is 0.339 e. The molecule has 4 rings (SSSR count). The second-order valence-electron chi connectivity index (χ2n) is 23.3. The molecule has 30 nitrogen and oxygen atoms in total. The van der Waals surface area contributed by atoms with Crippen molar-refractivity contribution >= 4 is 59.7 Å². The van der Waals surface area contributed by atoms with Gasteiger partial charge in [-0.15, -0.1) is 0 Å². The lowest BCUT2D eigenvalue weighted by Crippen LogP contribution is -2.38. The van der Waals surface area contributed by atoms with E-state index < -0.39 is 110 Å². The number of allylic oxidation sites excluding steroid dienone is 2. The molecule has 6 unspecified atom stereocenters. The van der Waals surface area contributed by atoms with E-state index in [1.165, 1.54) is 24.3 Å². The quantitative estimate of drug-likeness (QED) is 0.0194. The third-order valence-corrected chi connectivity index (χ3v) is 14.9. The molecular weight excluding hydrogens is 1190 g/mol. The number of esters is 5. The van der Waals surface area contributed by atoms with Gasteiger partial charge in [-0.3, -0.25) is 28.8 Å². The van der Waals surface area contributed by atoms with Crippen LogP contribution in [0.4, 0.5) is 0 Å². The molecular formula is C59H90O30. The van der Waals surface area contributed by atoms with Gasteiger partial charge in [-0.2, -0.15) is 0 Å². The lowest BCUT2D eigenvalue weighted by molar-refractivity contribution is -0.163. The van der Waals surface area contributed by atoms with Gasteiger partial charge in [0.1, 0.15) is 33.0 Å². The number of ether oxygens (including phenoxy) is 5. The highest BCUT2D eigenvalue weighted by Crippen LogP contribution is 2.48. The molecule has 30 heteroatoms. The summed E-state index contributed by atoms with van der Waals surface area (Å²) in [5.74, 6) is -11.7. The summed E-state index contributed by atoms with van der Waals surface area (Å²) in [5.41, 5.74) is -4.69. The molecule has 2 saturated carbocycles. The van der Waals surface area contributed by atoms with Crippen molar-refractivity contribution < 1.29 is 148 Å². The lowest BCUT2D eigenvalue weighted by Gasteiger charge is -2.29. The standard InChI is InChI=1S/C14H20O6.C13H22O6.C13H16O6.C10H16O6.C9H16O6/c1-14(5-15,6-16)7-20-13(19)11-9-3-2-8(4-9)10(11)12(17)18;2*1-13(6-14,7-15)8-19-12(18)10-5-3-2-4-9(10)11(16)17;1-2-10(5-11,6-12)7-16-9(15)4-3-8(13)14;1-9(4-10,5-11)6-15-8(14)3-2-7(12)13/h2-3,8-11,15-16H,4-7H2,1H3,(H,17,18);9-10,14-15H,2-8H2,1H3,(H,16,17);2-5,14-15H,6-8H2,1H3,(H,16,17);3-4,11-12H,2,5-7H2,1H3,(H,13,14);10-11H,2-6H2,1H3,(H,12,13)/b;;;4-3-;. The largest absolute Gasteiger partial charge is 0.481 e. The van der Waals surface area contributed by atoms with E-state index in [1.807, 2.05) is 12.2 Å². The van der Waals surface area contributed by atoms with Crippen molar-refractivity contribution in [3.63, 3.8) is 0 Å². The molecule has 0 aromatic heterocycles. The molecule has 3 aliphatic rings. The van der Waals surface area contributed by atoms with E-state index in [-0.39, 0.29) is 135 Å². The summed E-state index contributed by atoms with van der Waals surface area (Å²) in [4.78, 5) is 111. The normalized spacial score (nSPS) is 18.6. The van der Waals surface area contributed by atoms with Crippen LogP contribution in [-0.2, 0) is 62.0 Å². The molecule has 0 amide bonds. The van der Waals surface area contributed by atoms with Gasteiger partial charge in [0.2, 0.25) is 0 Å². The number of carbonyl (C=O) groups excluding carboxylic acids is 5. The first-order valence-electron chi connectivity index (χ1n) is 28.2. The number of aromatic carboxylic acids is 1. The highest BCUT2D eigenvalue weighted by atomic mass is 16.6. The average Bonchev–Trinajstić information content (AvgIpc) is 1.65. The third kappa shape index (κ3) is 28.6. The maximum atomic E-state index is 12.1. The van der Waals surface area contributed by atoms with Gasteiger partial charge in [0.05, 0.1) is 119 Å². The number of hydrogen-bond donors (Lipinski definition) is 15. The van der Waals surface area contributed by atoms with E-state index in [0.717, 1.165) is 18.9 Å². The Morgan fingerprint density at radius 1 is 0.483 bits per heavy atom. The van der Waals surface area contributed by atoms with Gasteiger partial charge < -0.3 is 100 Å². The van der Waals surface area contributed by atoms with E-state index in [9.17, 15) is 53.1 Å². The zero-order valence-corrected chi connectivity index (χ0v) is 50.7. The van der Waals surface area contributed by atoms with Crippen LogP contribution in [0.5, 0.6) is 0 Å². The van der Waals surface area contributed by atoms with Crippen molar-refractivity contribution in [1.82, 2.24) is 0 Å². The average molecular weight is 1280 g/mol. The van der Waals surface area contributed by atoms with E-state index in [2.05, 4.69) is 0 Å². The molecule has 89 heavy (non-hydrogen) atoms. The second-order valence-corrected chi connectivity index (χ2v) is 23.3. The molecule has 15 N–H and O–H groups in total. The zero-order valence-electron chi connectivity index (χ0n) is 50.7. The number of carbonyl (C=O) groups is 10. The van der Waals surface area contributed by atoms with Gasteiger partial charge in [0, 0.05) is 33.8 Å². The maximum absolute atomic E-state index is 12.1. The number of aliphatic carboxylic acids is 4. The van der Waals surface area contributed by atoms with Gasteiger partial charge in [0.15, 0.2) is 0 Å². The summed E-state index contributed by atoms with van der Waals surface area (Å²) < 4.78 is 24.6. The van der Waals surface area contributed by atoms with Crippen LogP contribution in [0.2, 0.25) is 0 Å². The molecule has 0 heterocycles. The third-order valence-electron chi connectivity index (χ3n) is 14.9. The van der Waals surface area contributed by atoms with Gasteiger partial charge in [-0.25, -0.2) is 19.2 Å². The topological polar surface area (TPSA) is 520 Å². The van der Waals surface area contributed by atoms with E-state index in [0.29, 0.717) is 31.8 Å². The van der Waals surface area contributed by atoms with Gasteiger partial charge in [-0.1, -0.05) is 71.7 Å². The van der Waals surface area contributed by atoms with Crippen molar-refractivity contribution in [3.05, 3.63) is 59.7 Å². The molecule has 3 aliphatic carbocycles. The molecule has 506 valence electrons. The molecule has 0 saturated heterocycles. The number of fused-ring (bicyclic) bond motifs is 2. The molecule has 0 spiro atoms. The van der Waals surface area contributed by atoms with E-state index >= 15 is 0 Å². The Morgan fingerprint density at radius 3 is 1.31 bits per heavy atom. The molecule has 2 bridgehead atoms. The number of carboxylic acids is 5. The van der Waals surface area contributed by atoms with Gasteiger partial charge in [0.25, 0.3) is 0 Å². The molecule has 0 radical (unpaired) electrons. The monoisotopic (exact) mass is 1280 g/mol. The minimum atomic E-state index is -1.25. The molecule has 1 aromatic rings. The molecule has 2 fully saturated rings. The van der Waals surface area contributed by atoms with Crippen molar-refractivity contribution in [2.45, 2.75) is 86.0 Å². The Balaban J connectivity index is 0.00000109. The highest BCUT2D eigenvalue weighted by molar-refractivity contribution is 6.02. The molecule has 6 atom stereocenters. The number of hydrogen-bond acceptors (Lipinski definition) is 25. The van der Waals surface area contributed by atoms with Crippen LogP contribution in [0.25, 0.3) is 0 Å². The Hall–Kier alpha value is -7.00. The van der Waals surface area contributed by atoms with Crippen molar-refractivity contribution in [2.75, 3.05) is 99.1 Å². The van der Waals surface area contributed by atoms with Crippen LogP contribution in [0, 0.1) is 62.6 Å².